The smallest absolute Gasteiger partial charge is 0.165 e. The molecule has 0 aliphatic heterocycles. The molecule has 0 unspecified atom stereocenters. The number of anilines is 3. The van der Waals surface area contributed by atoms with E-state index in [1.807, 2.05) is 12.1 Å². The molecule has 0 bridgehead atoms. The fourth-order valence-corrected chi connectivity index (χ4v) is 2.25. The summed E-state index contributed by atoms with van der Waals surface area (Å²) in [6.07, 6.45) is 0. The van der Waals surface area contributed by atoms with Crippen molar-refractivity contribution in [2.45, 2.75) is 6.54 Å². The number of hydrazine groups is 1. The highest BCUT2D eigenvalue weighted by molar-refractivity contribution is 6.34. The maximum absolute atomic E-state index is 6.08. The van der Waals surface area contributed by atoms with Crippen molar-refractivity contribution < 1.29 is 0 Å². The van der Waals surface area contributed by atoms with Gasteiger partial charge in [-0.1, -0.05) is 17.7 Å². The lowest BCUT2D eigenvalue weighted by Gasteiger charge is -2.10. The molecular weight excluding hydrogens is 292 g/mol. The van der Waals surface area contributed by atoms with Crippen LogP contribution in [0.15, 0.2) is 24.3 Å². The second-order valence-corrected chi connectivity index (χ2v) is 4.86. The van der Waals surface area contributed by atoms with E-state index >= 15 is 0 Å². The predicted molar refractivity (Wildman–Crippen MR) is 82.5 cm³/mol. The van der Waals surface area contributed by atoms with Gasteiger partial charge < -0.3 is 16.9 Å². The zero-order chi connectivity index (χ0) is 15.0. The van der Waals surface area contributed by atoms with Crippen molar-refractivity contribution in [3.05, 3.63) is 34.9 Å². The Balaban J connectivity index is 2.02. The molecule has 0 saturated heterocycles. The van der Waals surface area contributed by atoms with Crippen molar-refractivity contribution in [1.29, 1.82) is 0 Å². The summed E-state index contributed by atoms with van der Waals surface area (Å²) < 4.78 is 0. The lowest BCUT2D eigenvalue weighted by molar-refractivity contribution is 0.601. The minimum atomic E-state index is 0.307. The Kier molecular flexibility index (Phi) is 3.24. The molecule has 0 atom stereocenters. The first-order chi connectivity index (χ1) is 10.1. The van der Waals surface area contributed by atoms with Crippen LogP contribution in [0.4, 0.5) is 17.3 Å². The maximum atomic E-state index is 6.08. The summed E-state index contributed by atoms with van der Waals surface area (Å²) in [7, 11) is 0. The molecule has 0 aliphatic carbocycles. The Hall–Kier alpha value is -2.58. The summed E-state index contributed by atoms with van der Waals surface area (Å²) in [5.41, 5.74) is 16.6. The zero-order valence-electron chi connectivity index (χ0n) is 10.9. The predicted octanol–water partition coefficient (Wildman–Crippen LogP) is 0.978. The molecule has 108 valence electrons. The van der Waals surface area contributed by atoms with Gasteiger partial charge in [-0.15, -0.1) is 0 Å². The van der Waals surface area contributed by atoms with E-state index in [0.29, 0.717) is 45.5 Å². The minimum Gasteiger partial charge on any atom is -0.395 e. The van der Waals surface area contributed by atoms with Crippen molar-refractivity contribution in [3.63, 3.8) is 0 Å². The molecule has 1 aromatic carbocycles. The third-order valence-corrected chi connectivity index (χ3v) is 3.32. The number of nitrogens with one attached hydrogen (secondary N) is 1. The Labute approximate surface area is 124 Å². The Morgan fingerprint density at radius 1 is 1.24 bits per heavy atom. The summed E-state index contributed by atoms with van der Waals surface area (Å²) >= 11 is 6.08. The molecule has 2 heterocycles. The summed E-state index contributed by atoms with van der Waals surface area (Å²) in [6.45, 7) is 0.332. The second-order valence-electron chi connectivity index (χ2n) is 4.45. The van der Waals surface area contributed by atoms with Gasteiger partial charge in [-0.2, -0.15) is 15.0 Å². The largest absolute Gasteiger partial charge is 0.395 e. The number of hydrogen-bond acceptors (Lipinski definition) is 7. The SMILES string of the molecule is NNc1nc(N)cc(Cn2nc3cccc(Cl)c3n2)c1N. The molecule has 3 aromatic rings. The highest BCUT2D eigenvalue weighted by atomic mass is 35.5. The topological polar surface area (TPSA) is 134 Å². The lowest BCUT2D eigenvalue weighted by Crippen LogP contribution is -2.15. The number of nitrogens with two attached hydrogens (primary N) is 3. The number of aromatic nitrogens is 4. The van der Waals surface area contributed by atoms with Crippen molar-refractivity contribution in [3.8, 4) is 0 Å². The van der Waals surface area contributed by atoms with Crippen LogP contribution < -0.4 is 22.7 Å². The lowest BCUT2D eigenvalue weighted by atomic mass is 10.2. The van der Waals surface area contributed by atoms with Crippen LogP contribution in [0, 0.1) is 0 Å². The van der Waals surface area contributed by atoms with Crippen LogP contribution in [0.3, 0.4) is 0 Å². The van der Waals surface area contributed by atoms with Crippen LogP contribution in [0.1, 0.15) is 5.56 Å². The van der Waals surface area contributed by atoms with Crippen LogP contribution in [0.25, 0.3) is 11.0 Å². The van der Waals surface area contributed by atoms with Gasteiger partial charge in [0, 0.05) is 5.56 Å². The van der Waals surface area contributed by atoms with Gasteiger partial charge >= 0.3 is 0 Å². The molecule has 0 aliphatic rings. The number of nitrogens with zero attached hydrogens (tertiary/aromatic N) is 4. The van der Waals surface area contributed by atoms with Gasteiger partial charge in [0.1, 0.15) is 16.9 Å². The van der Waals surface area contributed by atoms with E-state index in [4.69, 9.17) is 28.9 Å². The van der Waals surface area contributed by atoms with Crippen molar-refractivity contribution in [2.24, 2.45) is 5.84 Å². The average molecular weight is 305 g/mol. The molecule has 0 saturated carbocycles. The van der Waals surface area contributed by atoms with Gasteiger partial charge in [-0.25, -0.2) is 10.8 Å². The first-order valence-electron chi connectivity index (χ1n) is 6.09. The highest BCUT2D eigenvalue weighted by Gasteiger charge is 2.11. The van der Waals surface area contributed by atoms with Crippen molar-refractivity contribution in [2.75, 3.05) is 16.9 Å². The summed E-state index contributed by atoms with van der Waals surface area (Å²) in [6, 6.07) is 7.07. The van der Waals surface area contributed by atoms with Crippen LogP contribution in [-0.4, -0.2) is 20.0 Å². The second kappa shape index (κ2) is 5.08. The molecule has 8 nitrogen and oxygen atoms in total. The Morgan fingerprint density at radius 2 is 2.05 bits per heavy atom. The van der Waals surface area contributed by atoms with Crippen LogP contribution >= 0.6 is 11.6 Å². The van der Waals surface area contributed by atoms with E-state index < -0.39 is 0 Å². The van der Waals surface area contributed by atoms with Gasteiger partial charge in [-0.05, 0) is 18.2 Å². The van der Waals surface area contributed by atoms with Gasteiger partial charge in [0.15, 0.2) is 5.82 Å². The first-order valence-corrected chi connectivity index (χ1v) is 6.47. The number of hydrogen-bond donors (Lipinski definition) is 4. The molecule has 0 amide bonds. The number of benzene rings is 1. The maximum Gasteiger partial charge on any atom is 0.165 e. The fourth-order valence-electron chi connectivity index (χ4n) is 2.04. The van der Waals surface area contributed by atoms with E-state index in [1.165, 1.54) is 4.80 Å². The van der Waals surface area contributed by atoms with Gasteiger partial charge in [0.25, 0.3) is 0 Å². The van der Waals surface area contributed by atoms with E-state index in [-0.39, 0.29) is 0 Å². The minimum absolute atomic E-state index is 0.307. The van der Waals surface area contributed by atoms with E-state index in [1.54, 1.807) is 12.1 Å². The third kappa shape index (κ3) is 2.41. The Bertz CT molecular complexity index is 812. The molecule has 9 heteroatoms. The van der Waals surface area contributed by atoms with Gasteiger partial charge in [0.05, 0.1) is 17.3 Å². The number of fused-ring (bicyclic) bond motifs is 1. The monoisotopic (exact) mass is 304 g/mol. The number of halogens is 1. The van der Waals surface area contributed by atoms with E-state index in [2.05, 4.69) is 20.6 Å². The van der Waals surface area contributed by atoms with E-state index in [9.17, 15) is 0 Å². The fraction of sp³-hybridized carbons (Fsp3) is 0.0833. The average Bonchev–Trinajstić information content (AvgIpc) is 2.86. The van der Waals surface area contributed by atoms with Gasteiger partial charge in [0.2, 0.25) is 0 Å². The zero-order valence-corrected chi connectivity index (χ0v) is 11.7. The molecule has 2 aromatic heterocycles. The Morgan fingerprint density at radius 3 is 2.76 bits per heavy atom. The van der Waals surface area contributed by atoms with Crippen LogP contribution in [-0.2, 0) is 6.54 Å². The number of nitrogen functional groups attached to an aromatic ring is 3. The number of rotatable bonds is 3. The standard InChI is InChI=1S/C12H13ClN8/c13-7-2-1-3-8-11(7)20-21(19-8)5-6-4-9(14)17-12(18-16)10(6)15/h1-4H,5,15-16H2,(H3,14,17,18). The molecule has 7 N–H and O–H groups in total. The van der Waals surface area contributed by atoms with Crippen LogP contribution in [0.2, 0.25) is 5.02 Å². The third-order valence-electron chi connectivity index (χ3n) is 3.02. The summed E-state index contributed by atoms with van der Waals surface area (Å²) in [5, 5.41) is 9.23. The normalized spacial score (nSPS) is 11.0. The van der Waals surface area contributed by atoms with Crippen molar-refractivity contribution >= 4 is 40.0 Å². The van der Waals surface area contributed by atoms with E-state index in [0.717, 1.165) is 0 Å². The summed E-state index contributed by atoms with van der Waals surface area (Å²) in [4.78, 5) is 5.50. The molecule has 0 spiro atoms. The summed E-state index contributed by atoms with van der Waals surface area (Å²) in [5.74, 6) is 5.99. The molecule has 21 heavy (non-hydrogen) atoms. The molecule has 0 radical (unpaired) electrons. The molecular formula is C12H13ClN8. The van der Waals surface area contributed by atoms with Crippen molar-refractivity contribution in [1.82, 2.24) is 20.0 Å². The molecule has 0 fully saturated rings. The highest BCUT2D eigenvalue weighted by Crippen LogP contribution is 2.24. The van der Waals surface area contributed by atoms with Gasteiger partial charge in [-0.3, -0.25) is 0 Å². The molecule has 3 rings (SSSR count). The number of pyridine rings is 1. The first kappa shape index (κ1) is 13.4. The van der Waals surface area contributed by atoms with Crippen LogP contribution in [0.5, 0.6) is 0 Å². The quantitative estimate of drug-likeness (QED) is 0.418.